The van der Waals surface area contributed by atoms with Crippen LogP contribution in [0, 0.1) is 0 Å². The average molecular weight is 458 g/mol. The fourth-order valence-electron chi connectivity index (χ4n) is 2.55. The Morgan fingerprint density at radius 3 is 1.86 bits per heavy atom. The maximum atomic E-state index is 12.9. The van der Waals surface area contributed by atoms with Gasteiger partial charge in [0.1, 0.15) is 0 Å². The van der Waals surface area contributed by atoms with Crippen LogP contribution in [0.4, 0.5) is 0 Å². The Labute approximate surface area is 169 Å². The molecule has 1 aliphatic heterocycles. The molecule has 0 saturated carbocycles. The Balaban J connectivity index is 3.81. The third kappa shape index (κ3) is 5.05. The van der Waals surface area contributed by atoms with E-state index in [0.717, 1.165) is 4.55 Å². The summed E-state index contributed by atoms with van der Waals surface area (Å²) in [6.07, 6.45) is 1.94. The zero-order valence-corrected chi connectivity index (χ0v) is 20.3. The quantitative estimate of drug-likeness (QED) is 0.362. The van der Waals surface area contributed by atoms with Crippen LogP contribution in [0.3, 0.4) is 0 Å². The minimum absolute atomic E-state index is 0.200. The number of carbonyl (C=O) groups excluding carboxylic acids is 3. The van der Waals surface area contributed by atoms with Gasteiger partial charge in [0, 0.05) is 0 Å². The van der Waals surface area contributed by atoms with E-state index in [1.807, 2.05) is 20.8 Å². The molecule has 0 aromatic heterocycles. The van der Waals surface area contributed by atoms with Gasteiger partial charge in [0.2, 0.25) is 0 Å². The van der Waals surface area contributed by atoms with Crippen molar-refractivity contribution < 1.29 is 28.0 Å². The van der Waals surface area contributed by atoms with Gasteiger partial charge in [-0.05, 0) is 0 Å². The Hall–Kier alpha value is -0.300. The number of rotatable bonds is 11. The SMILES string of the molecule is CCCOP1(OCCC)=NP(C(C)=O)N(C(C)=O)[PH](OCCC)(C(C)=O)N1N. The Morgan fingerprint density at radius 1 is 1.00 bits per heavy atom. The average Bonchev–Trinajstić information content (AvgIpc) is 2.64. The van der Waals surface area contributed by atoms with Crippen molar-refractivity contribution in [2.24, 2.45) is 10.4 Å². The topological polar surface area (TPSA) is 124 Å². The maximum absolute atomic E-state index is 12.9. The van der Waals surface area contributed by atoms with Crippen molar-refractivity contribution in [1.29, 1.82) is 0 Å². The second-order valence-corrected chi connectivity index (χ2v) is 14.4. The van der Waals surface area contributed by atoms with Gasteiger partial charge in [-0.15, -0.1) is 0 Å². The van der Waals surface area contributed by atoms with E-state index in [2.05, 4.69) is 4.52 Å². The molecule has 0 aromatic carbocycles. The molecule has 1 amide bonds. The summed E-state index contributed by atoms with van der Waals surface area (Å²) < 4.78 is 24.9. The van der Waals surface area contributed by atoms with E-state index >= 15 is 0 Å². The molecule has 13 heteroatoms. The predicted molar refractivity (Wildman–Crippen MR) is 113 cm³/mol. The summed E-state index contributed by atoms with van der Waals surface area (Å²) >= 11 is 0. The van der Waals surface area contributed by atoms with Gasteiger partial charge in [-0.2, -0.15) is 0 Å². The number of carbonyl (C=O) groups is 3. The molecule has 2 N–H and O–H groups in total. The molecule has 164 valence electrons. The predicted octanol–water partition coefficient (Wildman–Crippen LogP) is 4.15. The van der Waals surface area contributed by atoms with E-state index in [-0.39, 0.29) is 25.3 Å². The monoisotopic (exact) mass is 458 g/mol. The Kier molecular flexibility index (Phi) is 10.3. The van der Waals surface area contributed by atoms with E-state index in [9.17, 15) is 14.4 Å². The molecule has 10 nitrogen and oxygen atoms in total. The minimum atomic E-state index is -3.97. The molecule has 0 bridgehead atoms. The summed E-state index contributed by atoms with van der Waals surface area (Å²) in [5, 5.41) is 0. The second kappa shape index (κ2) is 11.2. The van der Waals surface area contributed by atoms with E-state index in [0.29, 0.717) is 19.3 Å². The van der Waals surface area contributed by atoms with Crippen LogP contribution in [0.5, 0.6) is 0 Å². The van der Waals surface area contributed by atoms with Crippen molar-refractivity contribution in [3.05, 3.63) is 0 Å². The summed E-state index contributed by atoms with van der Waals surface area (Å²) in [7, 11) is -9.37. The molecule has 0 aliphatic carbocycles. The van der Waals surface area contributed by atoms with Gasteiger partial charge in [0.15, 0.2) is 0 Å². The van der Waals surface area contributed by atoms with Crippen LogP contribution in [0.1, 0.15) is 60.8 Å². The number of amides is 1. The molecule has 28 heavy (non-hydrogen) atoms. The third-order valence-corrected chi connectivity index (χ3v) is 14.1. The number of hydrogen-bond donors (Lipinski definition) is 1. The molecule has 1 rings (SSSR count). The van der Waals surface area contributed by atoms with E-state index < -0.39 is 35.1 Å². The molecular weight excluding hydrogens is 425 g/mol. The molecule has 0 spiro atoms. The summed E-state index contributed by atoms with van der Waals surface area (Å²) in [6.45, 7) is 10.4. The Morgan fingerprint density at radius 2 is 1.50 bits per heavy atom. The van der Waals surface area contributed by atoms with Crippen LogP contribution < -0.4 is 5.84 Å². The van der Waals surface area contributed by atoms with Crippen LogP contribution in [-0.2, 0) is 28.0 Å². The fourth-order valence-corrected chi connectivity index (χ4v) is 14.7. The summed E-state index contributed by atoms with van der Waals surface area (Å²) in [5.41, 5.74) is -0.757. The number of nitrogens with two attached hydrogens (primary N) is 1. The summed E-state index contributed by atoms with van der Waals surface area (Å²) in [5.74, 6) is 5.98. The number of nitrogens with zero attached hydrogens (tertiary/aromatic N) is 3. The van der Waals surface area contributed by atoms with Gasteiger partial charge in [0.25, 0.3) is 0 Å². The first kappa shape index (κ1) is 25.7. The van der Waals surface area contributed by atoms with E-state index in [4.69, 9.17) is 19.4 Å². The first-order valence-electron chi connectivity index (χ1n) is 9.37. The van der Waals surface area contributed by atoms with Crippen molar-refractivity contribution in [3.8, 4) is 0 Å². The van der Waals surface area contributed by atoms with Gasteiger partial charge < -0.3 is 0 Å². The molecule has 1 atom stereocenters. The second-order valence-electron chi connectivity index (χ2n) is 6.24. The number of hydrogen-bond acceptors (Lipinski definition) is 9. The van der Waals surface area contributed by atoms with Crippen molar-refractivity contribution in [1.82, 2.24) is 8.99 Å². The van der Waals surface area contributed by atoms with Crippen LogP contribution in [-0.4, -0.2) is 45.8 Å². The normalized spacial score (nSPS) is 22.4. The summed E-state index contributed by atoms with van der Waals surface area (Å²) in [6, 6.07) is 0. The first-order valence-corrected chi connectivity index (χ1v) is 14.0. The van der Waals surface area contributed by atoms with Crippen LogP contribution in [0.2, 0.25) is 0 Å². The zero-order valence-electron chi connectivity index (χ0n) is 17.5. The van der Waals surface area contributed by atoms with Crippen LogP contribution in [0.25, 0.3) is 0 Å². The Bertz CT molecular complexity index is 637. The van der Waals surface area contributed by atoms with Gasteiger partial charge in [0.05, 0.1) is 0 Å². The fraction of sp³-hybridized carbons (Fsp3) is 0.800. The van der Waals surface area contributed by atoms with Crippen LogP contribution in [0.15, 0.2) is 4.52 Å². The summed E-state index contributed by atoms with van der Waals surface area (Å²) in [4.78, 5) is 38.0. The molecule has 0 aromatic rings. The molecule has 1 unspecified atom stereocenters. The van der Waals surface area contributed by atoms with Gasteiger partial charge in [-0.1, -0.05) is 0 Å². The van der Waals surface area contributed by atoms with Crippen molar-refractivity contribution >= 4 is 40.6 Å². The van der Waals surface area contributed by atoms with Crippen molar-refractivity contribution in [2.75, 3.05) is 19.8 Å². The molecule has 1 aliphatic rings. The number of hydrazine groups is 1. The van der Waals surface area contributed by atoms with Gasteiger partial charge in [-0.25, -0.2) is 0 Å². The molecular formula is C15H33N4O6P3. The van der Waals surface area contributed by atoms with E-state index in [1.165, 1.54) is 25.2 Å². The van der Waals surface area contributed by atoms with Gasteiger partial charge >= 0.3 is 169 Å². The first-order chi connectivity index (χ1) is 13.1. The van der Waals surface area contributed by atoms with Crippen molar-refractivity contribution in [3.63, 3.8) is 0 Å². The molecule has 0 radical (unpaired) electrons. The molecule has 1 heterocycles. The standard InChI is InChI=1S/C15H33N4O6P3/c1-7-10-23-27(15(6)22)18(13(4)20)26(14(5)21)17-28(19(27)16,24-11-8-2)25-12-9-3/h27H,7-12,16H2,1-6H3. The van der Waals surface area contributed by atoms with Crippen molar-refractivity contribution in [2.45, 2.75) is 60.8 Å². The zero-order chi connectivity index (χ0) is 21.5. The third-order valence-electron chi connectivity index (χ3n) is 3.73. The van der Waals surface area contributed by atoms with Crippen LogP contribution >= 0.6 is 23.7 Å². The van der Waals surface area contributed by atoms with E-state index in [1.54, 1.807) is 0 Å². The van der Waals surface area contributed by atoms with Gasteiger partial charge in [-0.3, -0.25) is 0 Å². The molecule has 0 saturated heterocycles. The molecule has 0 fully saturated rings.